The van der Waals surface area contributed by atoms with Gasteiger partial charge in [0.15, 0.2) is 7.38 Å². The van der Waals surface area contributed by atoms with Gasteiger partial charge in [0.1, 0.15) is 0 Å². The predicted octanol–water partition coefficient (Wildman–Crippen LogP) is 5.57. The maximum Gasteiger partial charge on any atom is 0.167 e. The minimum atomic E-state index is -1.68. The fourth-order valence-corrected chi connectivity index (χ4v) is 8.42. The van der Waals surface area contributed by atoms with E-state index in [1.165, 1.54) is 12.8 Å². The van der Waals surface area contributed by atoms with Crippen LogP contribution in [-0.2, 0) is 0 Å². The maximum absolute atomic E-state index is 7.02. The van der Waals surface area contributed by atoms with Gasteiger partial charge in [-0.25, -0.2) is 0 Å². The fraction of sp³-hybridized carbons (Fsp3) is 1.00. The normalized spacial score (nSPS) is 14.1. The van der Waals surface area contributed by atoms with Gasteiger partial charge in [0.05, 0.1) is 0 Å². The SMILES string of the molecule is CCCC(C)(C)[Si](Cl)(C(C)C)C(C)C. The topological polar surface area (TPSA) is 0 Å². The van der Waals surface area contributed by atoms with E-state index in [2.05, 4.69) is 48.5 Å². The van der Waals surface area contributed by atoms with Crippen LogP contribution >= 0.6 is 11.1 Å². The Hall–Kier alpha value is 0.507. The Morgan fingerprint density at radius 2 is 1.43 bits per heavy atom. The molecule has 0 aromatic carbocycles. The molecule has 0 nitrogen and oxygen atoms in total. The quantitative estimate of drug-likeness (QED) is 0.431. The number of rotatable bonds is 5. The van der Waals surface area contributed by atoms with Crippen LogP contribution in [0, 0.1) is 0 Å². The number of halogens is 1. The molecule has 0 aliphatic carbocycles. The van der Waals surface area contributed by atoms with Gasteiger partial charge in [0, 0.05) is 0 Å². The second-order valence-electron chi connectivity index (χ2n) is 5.71. The minimum Gasteiger partial charge on any atom is -0.166 e. The molecule has 0 aliphatic heterocycles. The van der Waals surface area contributed by atoms with Gasteiger partial charge in [-0.15, -0.1) is 0 Å². The van der Waals surface area contributed by atoms with Gasteiger partial charge in [-0.3, -0.25) is 0 Å². The number of hydrogen-bond acceptors (Lipinski definition) is 0. The first-order valence-electron chi connectivity index (χ1n) is 5.89. The molecule has 0 spiro atoms. The van der Waals surface area contributed by atoms with Crippen molar-refractivity contribution in [2.45, 2.75) is 77.4 Å². The zero-order valence-electron chi connectivity index (χ0n) is 10.9. The third-order valence-electron chi connectivity index (χ3n) is 3.59. The summed E-state index contributed by atoms with van der Waals surface area (Å²) in [7, 11) is -1.68. The average molecular weight is 235 g/mol. The van der Waals surface area contributed by atoms with Crippen LogP contribution < -0.4 is 0 Å². The molecule has 0 heterocycles. The van der Waals surface area contributed by atoms with Crippen molar-refractivity contribution in [3.63, 3.8) is 0 Å². The van der Waals surface area contributed by atoms with E-state index in [9.17, 15) is 0 Å². The summed E-state index contributed by atoms with van der Waals surface area (Å²) in [6.45, 7) is 16.2. The molecule has 0 aromatic heterocycles. The summed E-state index contributed by atoms with van der Waals surface area (Å²) in [4.78, 5) is 0. The predicted molar refractivity (Wildman–Crippen MR) is 70.8 cm³/mol. The molecule has 0 N–H and O–H groups in total. The minimum absolute atomic E-state index is 0.353. The molecule has 0 bridgehead atoms. The lowest BCUT2D eigenvalue weighted by Crippen LogP contribution is -2.45. The third kappa shape index (κ3) is 2.55. The van der Waals surface area contributed by atoms with Crippen LogP contribution in [0.1, 0.15) is 61.3 Å². The van der Waals surface area contributed by atoms with Gasteiger partial charge in [-0.1, -0.05) is 54.9 Å². The number of hydrogen-bond donors (Lipinski definition) is 0. The molecule has 0 saturated heterocycles. The largest absolute Gasteiger partial charge is 0.167 e. The molecular formula is C12H27ClSi. The van der Waals surface area contributed by atoms with E-state index >= 15 is 0 Å². The Balaban J connectivity index is 4.99. The molecule has 0 aromatic rings. The van der Waals surface area contributed by atoms with E-state index in [0.717, 1.165) is 0 Å². The van der Waals surface area contributed by atoms with Crippen LogP contribution in [-0.4, -0.2) is 7.38 Å². The van der Waals surface area contributed by atoms with Crippen LogP contribution in [0.15, 0.2) is 0 Å². The van der Waals surface area contributed by atoms with E-state index in [4.69, 9.17) is 11.1 Å². The molecule has 0 saturated carbocycles. The van der Waals surface area contributed by atoms with Gasteiger partial charge in [0.2, 0.25) is 0 Å². The molecule has 0 rings (SSSR count). The van der Waals surface area contributed by atoms with Crippen LogP contribution in [0.5, 0.6) is 0 Å². The lowest BCUT2D eigenvalue weighted by atomic mass is 10.1. The van der Waals surface area contributed by atoms with Crippen molar-refractivity contribution in [3.05, 3.63) is 0 Å². The van der Waals surface area contributed by atoms with E-state index in [-0.39, 0.29) is 0 Å². The van der Waals surface area contributed by atoms with E-state index < -0.39 is 7.38 Å². The third-order valence-corrected chi connectivity index (χ3v) is 13.4. The highest BCUT2D eigenvalue weighted by molar-refractivity contribution is 7.23. The van der Waals surface area contributed by atoms with Crippen LogP contribution in [0.4, 0.5) is 0 Å². The second-order valence-corrected chi connectivity index (χ2v) is 12.8. The van der Waals surface area contributed by atoms with Crippen molar-refractivity contribution in [2.75, 3.05) is 0 Å². The first-order valence-corrected chi connectivity index (χ1v) is 9.05. The van der Waals surface area contributed by atoms with Crippen molar-refractivity contribution in [2.24, 2.45) is 0 Å². The highest BCUT2D eigenvalue weighted by Crippen LogP contribution is 2.55. The van der Waals surface area contributed by atoms with Gasteiger partial charge in [0.25, 0.3) is 0 Å². The Morgan fingerprint density at radius 3 is 1.64 bits per heavy atom. The van der Waals surface area contributed by atoms with Crippen molar-refractivity contribution >= 4 is 18.5 Å². The standard InChI is InChI=1S/C12H27ClSi/c1-8-9-12(6,7)14(13,10(2)3)11(4)5/h10-11H,8-9H2,1-7H3. The second kappa shape index (κ2) is 5.02. The van der Waals surface area contributed by atoms with Crippen LogP contribution in [0.3, 0.4) is 0 Å². The van der Waals surface area contributed by atoms with E-state index in [1.807, 2.05) is 0 Å². The fourth-order valence-electron chi connectivity index (χ4n) is 3.05. The van der Waals surface area contributed by atoms with Gasteiger partial charge in [-0.05, 0) is 22.5 Å². The summed E-state index contributed by atoms with van der Waals surface area (Å²) in [6, 6.07) is 0. The molecule has 0 unspecified atom stereocenters. The highest BCUT2D eigenvalue weighted by atomic mass is 35.6. The summed E-state index contributed by atoms with van der Waals surface area (Å²) in [6.07, 6.45) is 2.51. The smallest absolute Gasteiger partial charge is 0.166 e. The first-order chi connectivity index (χ1) is 6.20. The maximum atomic E-state index is 7.02. The summed E-state index contributed by atoms with van der Waals surface area (Å²) >= 11 is 7.02. The van der Waals surface area contributed by atoms with E-state index in [1.54, 1.807) is 0 Å². The van der Waals surface area contributed by atoms with Crippen molar-refractivity contribution in [3.8, 4) is 0 Å². The van der Waals surface area contributed by atoms with Crippen molar-refractivity contribution in [1.29, 1.82) is 0 Å². The Morgan fingerprint density at radius 1 is 1.07 bits per heavy atom. The zero-order chi connectivity index (χ0) is 11.6. The summed E-state index contributed by atoms with van der Waals surface area (Å²) in [5, 5.41) is 0.353. The molecule has 0 radical (unpaired) electrons. The lowest BCUT2D eigenvalue weighted by molar-refractivity contribution is 0.557. The molecule has 2 heteroatoms. The van der Waals surface area contributed by atoms with Gasteiger partial charge in [-0.2, -0.15) is 11.1 Å². The van der Waals surface area contributed by atoms with Crippen LogP contribution in [0.2, 0.25) is 16.1 Å². The Labute approximate surface area is 96.1 Å². The molecule has 0 fully saturated rings. The zero-order valence-corrected chi connectivity index (χ0v) is 12.7. The Kier molecular flexibility index (Phi) is 5.21. The molecule has 0 amide bonds. The monoisotopic (exact) mass is 234 g/mol. The first kappa shape index (κ1) is 14.5. The summed E-state index contributed by atoms with van der Waals surface area (Å²) in [5.41, 5.74) is 1.32. The molecule has 0 aliphatic rings. The van der Waals surface area contributed by atoms with Gasteiger partial charge >= 0.3 is 0 Å². The van der Waals surface area contributed by atoms with E-state index in [0.29, 0.717) is 16.1 Å². The van der Waals surface area contributed by atoms with Crippen molar-refractivity contribution < 1.29 is 0 Å². The molecule has 0 atom stereocenters. The Bertz CT molecular complexity index is 165. The van der Waals surface area contributed by atoms with Gasteiger partial charge < -0.3 is 0 Å². The van der Waals surface area contributed by atoms with Crippen LogP contribution in [0.25, 0.3) is 0 Å². The molecular weight excluding hydrogens is 208 g/mol. The average Bonchev–Trinajstić information content (AvgIpc) is 2.01. The summed E-state index contributed by atoms with van der Waals surface area (Å²) < 4.78 is 0. The summed E-state index contributed by atoms with van der Waals surface area (Å²) in [5.74, 6) is 0. The van der Waals surface area contributed by atoms with Crippen molar-refractivity contribution in [1.82, 2.24) is 0 Å². The molecule has 14 heavy (non-hydrogen) atoms. The molecule has 86 valence electrons. The highest BCUT2D eigenvalue weighted by Gasteiger charge is 2.50. The lowest BCUT2D eigenvalue weighted by Gasteiger charge is -2.46.